The van der Waals surface area contributed by atoms with Gasteiger partial charge in [0.15, 0.2) is 12.1 Å². The van der Waals surface area contributed by atoms with Gasteiger partial charge in [-0.2, -0.15) is 5.10 Å². The van der Waals surface area contributed by atoms with Gasteiger partial charge >= 0.3 is 0 Å². The third-order valence-corrected chi connectivity index (χ3v) is 4.93. The second-order valence-electron chi connectivity index (χ2n) is 7.50. The van der Waals surface area contributed by atoms with Crippen molar-refractivity contribution in [3.8, 4) is 0 Å². The monoisotopic (exact) mass is 435 g/mol. The number of allylic oxidation sites excluding steroid dienone is 1. The molecule has 0 aliphatic heterocycles. The molecule has 0 fully saturated rings. The number of ether oxygens (including phenoxy) is 2. The first-order valence-electron chi connectivity index (χ1n) is 10.4. The molecule has 0 spiro atoms. The van der Waals surface area contributed by atoms with Crippen LogP contribution < -0.4 is 10.6 Å². The van der Waals surface area contributed by atoms with Crippen molar-refractivity contribution in [1.29, 1.82) is 5.41 Å². The fraction of sp³-hybridized carbons (Fsp3) is 0.348. The van der Waals surface area contributed by atoms with Crippen molar-refractivity contribution in [3.05, 3.63) is 54.0 Å². The van der Waals surface area contributed by atoms with Gasteiger partial charge in [-0.05, 0) is 35.7 Å². The average Bonchev–Trinajstić information content (AvgIpc) is 2.81. The van der Waals surface area contributed by atoms with Crippen LogP contribution in [0.4, 0.5) is 11.6 Å². The van der Waals surface area contributed by atoms with Crippen molar-refractivity contribution in [1.82, 2.24) is 25.5 Å². The van der Waals surface area contributed by atoms with E-state index < -0.39 is 0 Å². The van der Waals surface area contributed by atoms with Crippen LogP contribution in [0.5, 0.6) is 0 Å². The molecule has 0 aliphatic carbocycles. The molecule has 3 aromatic rings. The lowest BCUT2D eigenvalue weighted by Gasteiger charge is -2.13. The highest BCUT2D eigenvalue weighted by atomic mass is 16.7. The molecule has 0 amide bonds. The maximum atomic E-state index is 7.78. The number of nitrogens with one attached hydrogen (secondary N) is 3. The van der Waals surface area contributed by atoms with Gasteiger partial charge in [-0.15, -0.1) is 5.10 Å². The van der Waals surface area contributed by atoms with Crippen LogP contribution in [0.3, 0.4) is 0 Å². The Hall–Kier alpha value is -3.43. The lowest BCUT2D eigenvalue weighted by molar-refractivity contribution is -0.105. The number of methoxy groups -OCH3 is 2. The zero-order valence-corrected chi connectivity index (χ0v) is 18.8. The summed E-state index contributed by atoms with van der Waals surface area (Å²) in [4.78, 5) is 9.16. The Kier molecular flexibility index (Phi) is 8.18. The van der Waals surface area contributed by atoms with Gasteiger partial charge in [0.05, 0.1) is 17.2 Å². The first kappa shape index (κ1) is 23.2. The van der Waals surface area contributed by atoms with Gasteiger partial charge in [-0.1, -0.05) is 13.8 Å². The topological polar surface area (TPSA) is 118 Å². The van der Waals surface area contributed by atoms with Crippen molar-refractivity contribution in [2.45, 2.75) is 32.5 Å². The maximum absolute atomic E-state index is 7.78. The Morgan fingerprint density at radius 2 is 1.91 bits per heavy atom. The molecule has 3 rings (SSSR count). The number of fused-ring (bicyclic) bond motifs is 1. The quantitative estimate of drug-likeness (QED) is 0.236. The fourth-order valence-corrected chi connectivity index (χ4v) is 3.05. The molecule has 0 radical (unpaired) electrons. The molecule has 3 aromatic heterocycles. The van der Waals surface area contributed by atoms with E-state index in [-0.39, 0.29) is 6.29 Å². The number of aromatic nitrogens is 4. The molecule has 0 aromatic carbocycles. The normalized spacial score (nSPS) is 11.9. The highest BCUT2D eigenvalue weighted by Gasteiger charge is 2.08. The van der Waals surface area contributed by atoms with E-state index in [0.29, 0.717) is 41.6 Å². The Morgan fingerprint density at radius 3 is 2.62 bits per heavy atom. The third kappa shape index (κ3) is 6.05. The molecule has 9 nitrogen and oxygen atoms in total. The zero-order chi connectivity index (χ0) is 22.9. The third-order valence-electron chi connectivity index (χ3n) is 4.93. The minimum absolute atomic E-state index is 0.261. The maximum Gasteiger partial charge on any atom is 0.158 e. The summed E-state index contributed by atoms with van der Waals surface area (Å²) in [5, 5.41) is 22.4. The van der Waals surface area contributed by atoms with E-state index in [0.717, 1.165) is 16.6 Å². The van der Waals surface area contributed by atoms with Crippen LogP contribution in [0.2, 0.25) is 0 Å². The van der Waals surface area contributed by atoms with Crippen molar-refractivity contribution < 1.29 is 9.47 Å². The zero-order valence-electron chi connectivity index (χ0n) is 18.8. The summed E-state index contributed by atoms with van der Waals surface area (Å²) in [6, 6.07) is 7.64. The number of hydrogen-bond acceptors (Lipinski definition) is 9. The molecule has 3 N–H and O–H groups in total. The number of pyridine rings is 2. The minimum Gasteiger partial charge on any atom is -0.390 e. The van der Waals surface area contributed by atoms with Gasteiger partial charge in [0.1, 0.15) is 5.82 Å². The minimum atomic E-state index is -0.261. The van der Waals surface area contributed by atoms with E-state index in [2.05, 4.69) is 44.6 Å². The summed E-state index contributed by atoms with van der Waals surface area (Å²) in [5.74, 6) is 1.65. The van der Waals surface area contributed by atoms with Crippen molar-refractivity contribution in [2.75, 3.05) is 26.1 Å². The molecule has 0 atom stereocenters. The Morgan fingerprint density at radius 1 is 1.09 bits per heavy atom. The van der Waals surface area contributed by atoms with Crippen LogP contribution in [-0.2, 0) is 9.47 Å². The summed E-state index contributed by atoms with van der Waals surface area (Å²) in [6.07, 6.45) is 7.00. The highest BCUT2D eigenvalue weighted by molar-refractivity contribution is 6.08. The molecule has 3 heterocycles. The van der Waals surface area contributed by atoms with Crippen molar-refractivity contribution in [3.63, 3.8) is 0 Å². The predicted molar refractivity (Wildman–Crippen MR) is 126 cm³/mol. The molecule has 0 unspecified atom stereocenters. The lowest BCUT2D eigenvalue weighted by atomic mass is 10.1. The Labute approximate surface area is 187 Å². The molecule has 0 bridgehead atoms. The summed E-state index contributed by atoms with van der Waals surface area (Å²) in [6.45, 7) is 4.87. The van der Waals surface area contributed by atoms with Crippen molar-refractivity contribution >= 4 is 34.5 Å². The summed E-state index contributed by atoms with van der Waals surface area (Å²) >= 11 is 0. The van der Waals surface area contributed by atoms with Crippen LogP contribution in [0.1, 0.15) is 37.3 Å². The van der Waals surface area contributed by atoms with Crippen LogP contribution >= 0.6 is 0 Å². The van der Waals surface area contributed by atoms with Gasteiger partial charge in [0.2, 0.25) is 0 Å². The molecule has 9 heteroatoms. The largest absolute Gasteiger partial charge is 0.390 e. The number of rotatable bonds is 11. The summed E-state index contributed by atoms with van der Waals surface area (Å²) in [5.41, 5.74) is 4.07. The molecule has 168 valence electrons. The van der Waals surface area contributed by atoms with Gasteiger partial charge in [-0.25, -0.2) is 4.98 Å². The molecule has 0 saturated heterocycles. The SMILES string of the molecule is COC(CCN/C=C(\C=N)c1cnc2ccc(Nc3cc(C(C)C)cnn3)nc2c1)OC. The van der Waals surface area contributed by atoms with E-state index >= 15 is 0 Å². The molecule has 0 saturated carbocycles. The number of nitrogens with zero attached hydrogens (tertiary/aromatic N) is 4. The molecule has 0 aliphatic rings. The molecule has 32 heavy (non-hydrogen) atoms. The first-order chi connectivity index (χ1) is 15.5. The van der Waals surface area contributed by atoms with E-state index in [4.69, 9.17) is 14.9 Å². The second-order valence-corrected chi connectivity index (χ2v) is 7.50. The highest BCUT2D eigenvalue weighted by Crippen LogP contribution is 2.21. The van der Waals surface area contributed by atoms with E-state index in [9.17, 15) is 0 Å². The summed E-state index contributed by atoms with van der Waals surface area (Å²) < 4.78 is 10.4. The fourth-order valence-electron chi connectivity index (χ4n) is 3.05. The van der Waals surface area contributed by atoms with Crippen LogP contribution in [-0.4, -0.2) is 53.4 Å². The molecular formula is C23H29N7O2. The standard InChI is InChI=1S/C23H29N7O2/c1-15(2)16-10-22(30-27-14-16)29-21-6-5-19-20(28-21)9-17(13-26-19)18(11-24)12-25-8-7-23(31-3)32-4/h5-6,9-15,23-25H,7-8H2,1-4H3,(H,28,29,30)/b18-12+,24-11?. The molecular weight excluding hydrogens is 406 g/mol. The lowest BCUT2D eigenvalue weighted by Crippen LogP contribution is -2.20. The number of anilines is 2. The Bertz CT molecular complexity index is 1080. The van der Waals surface area contributed by atoms with Crippen LogP contribution in [0.15, 0.2) is 42.9 Å². The van der Waals surface area contributed by atoms with E-state index in [1.807, 2.05) is 24.3 Å². The van der Waals surface area contributed by atoms with E-state index in [1.165, 1.54) is 6.21 Å². The first-order valence-corrected chi connectivity index (χ1v) is 10.4. The van der Waals surface area contributed by atoms with Gasteiger partial charge in [0.25, 0.3) is 0 Å². The smallest absolute Gasteiger partial charge is 0.158 e. The van der Waals surface area contributed by atoms with Crippen molar-refractivity contribution in [2.24, 2.45) is 0 Å². The van der Waals surface area contributed by atoms with Gasteiger partial charge in [-0.3, -0.25) is 4.98 Å². The summed E-state index contributed by atoms with van der Waals surface area (Å²) in [7, 11) is 3.22. The van der Waals surface area contributed by atoms with E-state index in [1.54, 1.807) is 32.8 Å². The number of hydrogen-bond donors (Lipinski definition) is 3. The average molecular weight is 436 g/mol. The second kappa shape index (κ2) is 11.3. The van der Waals surface area contributed by atoms with Gasteiger partial charge in [0, 0.05) is 56.9 Å². The van der Waals surface area contributed by atoms with Crippen LogP contribution in [0.25, 0.3) is 16.6 Å². The Balaban J connectivity index is 1.77. The predicted octanol–water partition coefficient (Wildman–Crippen LogP) is 3.88. The van der Waals surface area contributed by atoms with Gasteiger partial charge < -0.3 is 25.5 Å². The van der Waals surface area contributed by atoms with Crippen LogP contribution in [0, 0.1) is 5.41 Å².